The summed E-state index contributed by atoms with van der Waals surface area (Å²) < 4.78 is 2.02. The molecule has 1 atom stereocenters. The average molecular weight is 628 g/mol. The van der Waals surface area contributed by atoms with E-state index in [1.165, 1.54) is 4.88 Å². The van der Waals surface area contributed by atoms with Crippen molar-refractivity contribution in [2.75, 3.05) is 18.4 Å². The van der Waals surface area contributed by atoms with Crippen LogP contribution in [0.2, 0.25) is 5.02 Å². The summed E-state index contributed by atoms with van der Waals surface area (Å²) in [6.07, 6.45) is 0.829. The number of carbonyl (C=O) groups is 2. The number of aromatic nitrogens is 3. The number of amides is 2. The minimum absolute atomic E-state index is 0.0877. The molecule has 0 radical (unpaired) electrons. The monoisotopic (exact) mass is 627 g/mol. The molecule has 9 nitrogen and oxygen atoms in total. The predicted octanol–water partition coefficient (Wildman–Crippen LogP) is 5.34. The Hall–Kier alpha value is -4.30. The number of hydrogen-bond donors (Lipinski definition) is 3. The topological polar surface area (TPSA) is 127 Å². The molecule has 4 N–H and O–H groups in total. The first-order valence-corrected chi connectivity index (χ1v) is 15.6. The highest BCUT2D eigenvalue weighted by atomic mass is 35.5. The third kappa shape index (κ3) is 6.76. The van der Waals surface area contributed by atoms with Crippen molar-refractivity contribution in [1.29, 1.82) is 0 Å². The Morgan fingerprint density at radius 3 is 2.59 bits per heavy atom. The summed E-state index contributed by atoms with van der Waals surface area (Å²) in [6, 6.07) is 12.6. The lowest BCUT2D eigenvalue weighted by atomic mass is 9.99. The molecule has 2 amide bonds. The largest absolute Gasteiger partial charge is 0.356 e. The second kappa shape index (κ2) is 13.6. The fourth-order valence-corrected chi connectivity index (χ4v) is 6.40. The summed E-state index contributed by atoms with van der Waals surface area (Å²) >= 11 is 7.86. The Kier molecular flexibility index (Phi) is 9.59. The number of carbonyl (C=O) groups excluding carboxylic acids is 2. The Morgan fingerprint density at radius 1 is 1.07 bits per heavy atom. The molecule has 11 heteroatoms. The zero-order valence-electron chi connectivity index (χ0n) is 25.1. The number of anilines is 1. The smallest absolute Gasteiger partial charge is 0.224 e. The maximum absolute atomic E-state index is 13.2. The molecular formula is C33H34ClN7O2S. The van der Waals surface area contributed by atoms with Crippen LogP contribution in [0.25, 0.3) is 5.00 Å². The van der Waals surface area contributed by atoms with Crippen LogP contribution in [0.3, 0.4) is 0 Å². The van der Waals surface area contributed by atoms with Crippen molar-refractivity contribution >= 4 is 46.2 Å². The quantitative estimate of drug-likeness (QED) is 0.179. The Bertz CT molecular complexity index is 1810. The van der Waals surface area contributed by atoms with Gasteiger partial charge in [-0.2, -0.15) is 0 Å². The van der Waals surface area contributed by atoms with Crippen molar-refractivity contribution in [3.63, 3.8) is 0 Å². The van der Waals surface area contributed by atoms with E-state index < -0.39 is 6.04 Å². The van der Waals surface area contributed by atoms with Crippen molar-refractivity contribution < 1.29 is 9.59 Å². The van der Waals surface area contributed by atoms with Gasteiger partial charge in [-0.25, -0.2) is 0 Å². The third-order valence-electron chi connectivity index (χ3n) is 7.49. The second-order valence-electron chi connectivity index (χ2n) is 10.6. The maximum atomic E-state index is 13.2. The number of fused-ring (bicyclic) bond motifs is 3. The van der Waals surface area contributed by atoms with Crippen molar-refractivity contribution in [2.45, 2.75) is 53.0 Å². The van der Waals surface area contributed by atoms with Crippen LogP contribution in [-0.2, 0) is 9.59 Å². The van der Waals surface area contributed by atoms with Crippen LogP contribution in [0.4, 0.5) is 5.69 Å². The van der Waals surface area contributed by atoms with Crippen LogP contribution in [0, 0.1) is 39.5 Å². The molecule has 0 aliphatic carbocycles. The Labute approximate surface area is 265 Å². The first-order chi connectivity index (χ1) is 21.2. The molecule has 1 aliphatic heterocycles. The molecule has 2 aromatic carbocycles. The highest BCUT2D eigenvalue weighted by Crippen LogP contribution is 2.39. The number of aliphatic imine (C=N–C) groups is 1. The van der Waals surface area contributed by atoms with Gasteiger partial charge in [0.2, 0.25) is 11.8 Å². The molecule has 226 valence electrons. The Balaban J connectivity index is 1.27. The SMILES string of the molecule is Cc1ccc(NC(=O)CCCNC(=O)C[C@@H]2N=C(c3ccc(Cl)cc3)c3c(sc(C)c3C)-n3c(C)nnc32)cc1C#CCN. The van der Waals surface area contributed by atoms with Crippen LogP contribution >= 0.6 is 22.9 Å². The third-order valence-corrected chi connectivity index (χ3v) is 8.93. The van der Waals surface area contributed by atoms with E-state index in [9.17, 15) is 9.59 Å². The van der Waals surface area contributed by atoms with Crippen molar-refractivity contribution in [3.8, 4) is 16.8 Å². The van der Waals surface area contributed by atoms with E-state index in [0.717, 1.165) is 44.4 Å². The lowest BCUT2D eigenvalue weighted by Crippen LogP contribution is -2.27. The van der Waals surface area contributed by atoms with Gasteiger partial charge in [0, 0.05) is 45.2 Å². The van der Waals surface area contributed by atoms with Crippen molar-refractivity contribution in [1.82, 2.24) is 20.1 Å². The molecule has 2 aromatic heterocycles. The second-order valence-corrected chi connectivity index (χ2v) is 12.3. The number of halogens is 1. The number of nitrogens with one attached hydrogen (secondary N) is 2. The molecule has 0 unspecified atom stereocenters. The molecule has 0 fully saturated rings. The molecule has 0 spiro atoms. The number of benzene rings is 2. The Morgan fingerprint density at radius 2 is 1.84 bits per heavy atom. The summed E-state index contributed by atoms with van der Waals surface area (Å²) in [5.74, 6) is 6.90. The van der Waals surface area contributed by atoms with E-state index in [-0.39, 0.29) is 31.2 Å². The van der Waals surface area contributed by atoms with Crippen molar-refractivity contribution in [2.24, 2.45) is 10.7 Å². The van der Waals surface area contributed by atoms with Gasteiger partial charge in [-0.3, -0.25) is 19.1 Å². The van der Waals surface area contributed by atoms with Gasteiger partial charge >= 0.3 is 0 Å². The zero-order chi connectivity index (χ0) is 31.4. The number of nitrogens with two attached hydrogens (primary N) is 1. The van der Waals surface area contributed by atoms with Crippen LogP contribution in [0.1, 0.15) is 69.6 Å². The molecule has 0 bridgehead atoms. The van der Waals surface area contributed by atoms with E-state index in [1.807, 2.05) is 60.9 Å². The fourth-order valence-electron chi connectivity index (χ4n) is 5.06. The molecule has 0 saturated heterocycles. The van der Waals surface area contributed by atoms with Gasteiger partial charge in [-0.1, -0.05) is 41.6 Å². The van der Waals surface area contributed by atoms with Crippen LogP contribution in [0.5, 0.6) is 0 Å². The molecule has 0 saturated carbocycles. The maximum Gasteiger partial charge on any atom is 0.224 e. The molecule has 1 aliphatic rings. The molecule has 4 aromatic rings. The van der Waals surface area contributed by atoms with Gasteiger partial charge < -0.3 is 16.4 Å². The lowest BCUT2D eigenvalue weighted by Gasteiger charge is -2.13. The van der Waals surface area contributed by atoms with E-state index >= 15 is 0 Å². The highest BCUT2D eigenvalue weighted by Gasteiger charge is 2.32. The number of thiophene rings is 1. The molecule has 44 heavy (non-hydrogen) atoms. The number of rotatable bonds is 8. The minimum atomic E-state index is -0.553. The zero-order valence-corrected chi connectivity index (χ0v) is 26.7. The average Bonchev–Trinajstić information content (AvgIpc) is 3.47. The van der Waals surface area contributed by atoms with Gasteiger partial charge in [-0.05, 0) is 69.5 Å². The summed E-state index contributed by atoms with van der Waals surface area (Å²) in [7, 11) is 0. The van der Waals surface area contributed by atoms with Crippen LogP contribution in [0.15, 0.2) is 47.5 Å². The molecule has 3 heterocycles. The first-order valence-electron chi connectivity index (χ1n) is 14.4. The summed E-state index contributed by atoms with van der Waals surface area (Å²) in [5.41, 5.74) is 11.9. The number of hydrogen-bond acceptors (Lipinski definition) is 7. The van der Waals surface area contributed by atoms with E-state index in [0.29, 0.717) is 29.5 Å². The van der Waals surface area contributed by atoms with Crippen molar-refractivity contribution in [3.05, 3.63) is 91.8 Å². The summed E-state index contributed by atoms with van der Waals surface area (Å²) in [5, 5.41) is 16.3. The lowest BCUT2D eigenvalue weighted by molar-refractivity contribution is -0.122. The van der Waals surface area contributed by atoms with Gasteiger partial charge in [0.15, 0.2) is 5.82 Å². The minimum Gasteiger partial charge on any atom is -0.356 e. The van der Waals surface area contributed by atoms with Gasteiger partial charge in [-0.15, -0.1) is 21.5 Å². The van der Waals surface area contributed by atoms with E-state index in [4.69, 9.17) is 22.3 Å². The molecular weight excluding hydrogens is 594 g/mol. The highest BCUT2D eigenvalue weighted by molar-refractivity contribution is 7.15. The van der Waals surface area contributed by atoms with E-state index in [1.54, 1.807) is 11.3 Å². The van der Waals surface area contributed by atoms with Gasteiger partial charge in [0.25, 0.3) is 0 Å². The van der Waals surface area contributed by atoms with Gasteiger partial charge in [0.1, 0.15) is 16.9 Å². The van der Waals surface area contributed by atoms with Crippen LogP contribution < -0.4 is 16.4 Å². The molecule has 5 rings (SSSR count). The van der Waals surface area contributed by atoms with E-state index in [2.05, 4.69) is 46.5 Å². The number of aryl methyl sites for hydroxylation is 3. The normalized spacial score (nSPS) is 13.6. The fraction of sp³-hybridized carbons (Fsp3) is 0.303. The summed E-state index contributed by atoms with van der Waals surface area (Å²) in [6.45, 7) is 8.67. The standard InChI is InChI=1S/C33H34ClN7O2S/c1-19-9-14-26(17-24(19)7-5-15-35)37-28(42)8-6-16-36-29(43)18-27-32-40-39-22(4)41(32)33-30(20(2)21(3)44-33)31(38-27)23-10-12-25(34)13-11-23/h9-14,17,27H,6,8,15-16,18,35H2,1-4H3,(H,36,43)(H,37,42)/t27-/m0/s1. The van der Waals surface area contributed by atoms with Crippen LogP contribution in [-0.4, -0.2) is 45.4 Å². The predicted molar refractivity (Wildman–Crippen MR) is 176 cm³/mol. The first kappa shape index (κ1) is 31.1. The number of nitrogens with zero attached hydrogens (tertiary/aromatic N) is 4. The van der Waals surface area contributed by atoms with Gasteiger partial charge in [0.05, 0.1) is 18.7 Å². The summed E-state index contributed by atoms with van der Waals surface area (Å²) in [4.78, 5) is 32.1.